The molecule has 1 aromatic rings. The van der Waals surface area contributed by atoms with Crippen LogP contribution in [0.1, 0.15) is 18.4 Å². The second kappa shape index (κ2) is 6.49. The summed E-state index contributed by atoms with van der Waals surface area (Å²) in [5, 5.41) is 2.56. The highest BCUT2D eigenvalue weighted by molar-refractivity contribution is 7.80. The Bertz CT molecular complexity index is 431. The van der Waals surface area contributed by atoms with Crippen LogP contribution in [-0.4, -0.2) is 35.6 Å². The Hall–Kier alpha value is -1.43. The molecular weight excluding hydrogens is 252 g/mol. The first-order chi connectivity index (χ1) is 8.43. The van der Waals surface area contributed by atoms with Gasteiger partial charge in [0.15, 0.2) is 0 Å². The SMILES string of the molecule is CC(=O)NC(CS)C(=O)N(C)Cc1ccc(C)o1. The lowest BCUT2D eigenvalue weighted by Gasteiger charge is -2.22. The molecule has 0 bridgehead atoms. The number of likely N-dealkylation sites (N-methyl/N-ethyl adjacent to an activating group) is 1. The maximum atomic E-state index is 12.0. The maximum absolute atomic E-state index is 12.0. The lowest BCUT2D eigenvalue weighted by Crippen LogP contribution is -2.47. The minimum atomic E-state index is -0.605. The standard InChI is InChI=1S/C12H18N2O3S/c1-8-4-5-10(17-8)6-14(3)12(16)11(7-18)13-9(2)15/h4-5,11,18H,6-7H2,1-3H3,(H,13,15). The number of aryl methyl sites for hydroxylation is 1. The summed E-state index contributed by atoms with van der Waals surface area (Å²) in [4.78, 5) is 24.5. The molecule has 0 aliphatic rings. The average molecular weight is 270 g/mol. The zero-order valence-corrected chi connectivity index (χ0v) is 11.7. The molecule has 1 N–H and O–H groups in total. The minimum absolute atomic E-state index is 0.186. The van der Waals surface area contributed by atoms with Gasteiger partial charge in [0.1, 0.15) is 17.6 Å². The zero-order valence-electron chi connectivity index (χ0n) is 10.8. The van der Waals surface area contributed by atoms with E-state index in [0.717, 1.165) is 5.76 Å². The Morgan fingerprint density at radius 3 is 2.61 bits per heavy atom. The van der Waals surface area contributed by atoms with Crippen LogP contribution in [0.3, 0.4) is 0 Å². The molecule has 1 atom stereocenters. The summed E-state index contributed by atoms with van der Waals surface area (Å²) in [5.41, 5.74) is 0. The van der Waals surface area contributed by atoms with Crippen molar-refractivity contribution in [2.45, 2.75) is 26.4 Å². The van der Waals surface area contributed by atoms with Crippen molar-refractivity contribution in [3.63, 3.8) is 0 Å². The van der Waals surface area contributed by atoms with Crippen LogP contribution in [0.4, 0.5) is 0 Å². The van der Waals surface area contributed by atoms with Crippen molar-refractivity contribution >= 4 is 24.4 Å². The summed E-state index contributed by atoms with van der Waals surface area (Å²) >= 11 is 4.07. The van der Waals surface area contributed by atoms with Crippen LogP contribution in [0, 0.1) is 6.92 Å². The van der Waals surface area contributed by atoms with Crippen molar-refractivity contribution in [2.75, 3.05) is 12.8 Å². The molecule has 0 aliphatic carbocycles. The highest BCUT2D eigenvalue weighted by atomic mass is 32.1. The largest absolute Gasteiger partial charge is 0.464 e. The normalized spacial score (nSPS) is 12.0. The van der Waals surface area contributed by atoms with Gasteiger partial charge in [0.2, 0.25) is 11.8 Å². The van der Waals surface area contributed by atoms with E-state index in [-0.39, 0.29) is 17.6 Å². The van der Waals surface area contributed by atoms with Crippen LogP contribution in [0.15, 0.2) is 16.5 Å². The maximum Gasteiger partial charge on any atom is 0.246 e. The van der Waals surface area contributed by atoms with E-state index < -0.39 is 6.04 Å². The van der Waals surface area contributed by atoms with E-state index in [9.17, 15) is 9.59 Å². The fraction of sp³-hybridized carbons (Fsp3) is 0.500. The topological polar surface area (TPSA) is 62.6 Å². The molecule has 0 aliphatic heterocycles. The van der Waals surface area contributed by atoms with Gasteiger partial charge in [-0.15, -0.1) is 0 Å². The van der Waals surface area contributed by atoms with E-state index in [1.54, 1.807) is 7.05 Å². The van der Waals surface area contributed by atoms with E-state index in [0.29, 0.717) is 12.3 Å². The lowest BCUT2D eigenvalue weighted by molar-refractivity contribution is -0.134. The van der Waals surface area contributed by atoms with Gasteiger partial charge in [-0.1, -0.05) is 0 Å². The third-order valence-corrected chi connectivity index (χ3v) is 2.79. The molecule has 1 rings (SSSR count). The van der Waals surface area contributed by atoms with E-state index in [1.165, 1.54) is 11.8 Å². The summed E-state index contributed by atoms with van der Waals surface area (Å²) in [7, 11) is 1.67. The quantitative estimate of drug-likeness (QED) is 0.784. The van der Waals surface area contributed by atoms with Gasteiger partial charge < -0.3 is 14.6 Å². The van der Waals surface area contributed by atoms with Crippen LogP contribution in [0.2, 0.25) is 0 Å². The summed E-state index contributed by atoms with van der Waals surface area (Å²) in [6, 6.07) is 3.07. The molecule has 100 valence electrons. The van der Waals surface area contributed by atoms with Gasteiger partial charge in [0, 0.05) is 19.7 Å². The predicted molar refractivity (Wildman–Crippen MR) is 71.4 cm³/mol. The predicted octanol–water partition coefficient (Wildman–Crippen LogP) is 0.981. The Balaban J connectivity index is 2.61. The second-order valence-electron chi connectivity index (χ2n) is 4.14. The van der Waals surface area contributed by atoms with Gasteiger partial charge in [-0.3, -0.25) is 9.59 Å². The van der Waals surface area contributed by atoms with Gasteiger partial charge in [-0.2, -0.15) is 12.6 Å². The van der Waals surface area contributed by atoms with Crippen molar-refractivity contribution in [1.82, 2.24) is 10.2 Å². The number of amides is 2. The number of nitrogens with zero attached hydrogens (tertiary/aromatic N) is 1. The summed E-state index contributed by atoms with van der Waals surface area (Å²) in [5.74, 6) is 1.35. The molecule has 5 nitrogen and oxygen atoms in total. The third kappa shape index (κ3) is 4.10. The van der Waals surface area contributed by atoms with Gasteiger partial charge in [0.25, 0.3) is 0 Å². The number of hydrogen-bond acceptors (Lipinski definition) is 4. The first-order valence-corrected chi connectivity index (χ1v) is 6.25. The summed E-state index contributed by atoms with van der Waals surface area (Å²) < 4.78 is 5.40. The van der Waals surface area contributed by atoms with Crippen molar-refractivity contribution in [3.05, 3.63) is 23.7 Å². The molecule has 6 heteroatoms. The fourth-order valence-corrected chi connectivity index (χ4v) is 1.83. The summed E-state index contributed by atoms with van der Waals surface area (Å²) in [6.45, 7) is 3.59. The van der Waals surface area contributed by atoms with E-state index in [4.69, 9.17) is 4.42 Å². The molecule has 0 aromatic carbocycles. The van der Waals surface area contributed by atoms with E-state index in [1.807, 2.05) is 19.1 Å². The average Bonchev–Trinajstić information content (AvgIpc) is 2.70. The van der Waals surface area contributed by atoms with Crippen LogP contribution in [0.5, 0.6) is 0 Å². The van der Waals surface area contributed by atoms with Gasteiger partial charge >= 0.3 is 0 Å². The first-order valence-electron chi connectivity index (χ1n) is 5.62. The molecular formula is C12H18N2O3S. The number of carbonyl (C=O) groups is 2. The molecule has 0 saturated carbocycles. The van der Waals surface area contributed by atoms with Crippen molar-refractivity contribution in [2.24, 2.45) is 0 Å². The molecule has 0 fully saturated rings. The molecule has 2 amide bonds. The van der Waals surface area contributed by atoms with Crippen LogP contribution < -0.4 is 5.32 Å². The van der Waals surface area contributed by atoms with Crippen molar-refractivity contribution < 1.29 is 14.0 Å². The number of hydrogen-bond donors (Lipinski definition) is 2. The smallest absolute Gasteiger partial charge is 0.246 e. The highest BCUT2D eigenvalue weighted by Gasteiger charge is 2.22. The molecule has 1 unspecified atom stereocenters. The van der Waals surface area contributed by atoms with E-state index in [2.05, 4.69) is 17.9 Å². The van der Waals surface area contributed by atoms with Crippen molar-refractivity contribution in [3.8, 4) is 0 Å². The Kier molecular flexibility index (Phi) is 5.27. The van der Waals surface area contributed by atoms with Crippen molar-refractivity contribution in [1.29, 1.82) is 0 Å². The number of nitrogens with one attached hydrogen (secondary N) is 1. The lowest BCUT2D eigenvalue weighted by atomic mass is 10.2. The molecule has 0 saturated heterocycles. The minimum Gasteiger partial charge on any atom is -0.464 e. The Morgan fingerprint density at radius 2 is 2.17 bits per heavy atom. The Labute approximate surface area is 112 Å². The van der Waals surface area contributed by atoms with Crippen LogP contribution in [0.25, 0.3) is 0 Å². The molecule has 0 spiro atoms. The van der Waals surface area contributed by atoms with Gasteiger partial charge in [-0.25, -0.2) is 0 Å². The Morgan fingerprint density at radius 1 is 1.50 bits per heavy atom. The number of furan rings is 1. The first kappa shape index (κ1) is 14.6. The fourth-order valence-electron chi connectivity index (χ4n) is 1.58. The van der Waals surface area contributed by atoms with E-state index >= 15 is 0 Å². The molecule has 0 radical (unpaired) electrons. The molecule has 18 heavy (non-hydrogen) atoms. The van der Waals surface area contributed by atoms with Gasteiger partial charge in [-0.05, 0) is 19.1 Å². The van der Waals surface area contributed by atoms with Crippen LogP contribution in [-0.2, 0) is 16.1 Å². The highest BCUT2D eigenvalue weighted by Crippen LogP contribution is 2.09. The number of thiol groups is 1. The zero-order chi connectivity index (χ0) is 13.7. The third-order valence-electron chi connectivity index (χ3n) is 2.42. The van der Waals surface area contributed by atoms with Gasteiger partial charge in [0.05, 0.1) is 6.54 Å². The number of rotatable bonds is 5. The summed E-state index contributed by atoms with van der Waals surface area (Å²) in [6.07, 6.45) is 0. The molecule has 1 heterocycles. The van der Waals surface area contributed by atoms with Crippen LogP contribution >= 0.6 is 12.6 Å². The number of carbonyl (C=O) groups excluding carboxylic acids is 2. The molecule has 1 aromatic heterocycles. The monoisotopic (exact) mass is 270 g/mol. The second-order valence-corrected chi connectivity index (χ2v) is 4.51.